The summed E-state index contributed by atoms with van der Waals surface area (Å²) in [6.07, 6.45) is 8.46. The molecule has 10 heteroatoms. The van der Waals surface area contributed by atoms with Crippen molar-refractivity contribution in [3.63, 3.8) is 0 Å². The van der Waals surface area contributed by atoms with Gasteiger partial charge in [0.05, 0.1) is 31.2 Å². The number of rotatable bonds is 11. The highest BCUT2D eigenvalue weighted by molar-refractivity contribution is 6.30. The van der Waals surface area contributed by atoms with Gasteiger partial charge in [-0.3, -0.25) is 14.4 Å². The molecular weight excluding hydrogens is 778 g/mol. The van der Waals surface area contributed by atoms with Gasteiger partial charge in [0.25, 0.3) is 0 Å². The van der Waals surface area contributed by atoms with Crippen molar-refractivity contribution in [2.45, 2.75) is 158 Å². The number of esters is 1. The minimum Gasteiger partial charge on any atom is -0.488 e. The molecule has 7 aliphatic rings. The van der Waals surface area contributed by atoms with Gasteiger partial charge in [-0.25, -0.2) is 0 Å². The Kier molecular flexibility index (Phi) is 11.3. The summed E-state index contributed by atoms with van der Waals surface area (Å²) in [5.41, 5.74) is 1.87. The van der Waals surface area contributed by atoms with Crippen molar-refractivity contribution in [1.82, 2.24) is 5.32 Å². The van der Waals surface area contributed by atoms with Crippen LogP contribution in [0.25, 0.3) is 0 Å². The Hall–Kier alpha value is -2.46. The van der Waals surface area contributed by atoms with Crippen molar-refractivity contribution in [3.8, 4) is 5.75 Å². The van der Waals surface area contributed by atoms with Crippen LogP contribution in [-0.4, -0.2) is 66.0 Å². The third-order valence-corrected chi connectivity index (χ3v) is 19.3. The third kappa shape index (κ3) is 6.66. The van der Waals surface area contributed by atoms with Crippen LogP contribution in [0, 0.1) is 68.0 Å². The minimum absolute atomic E-state index is 0.00278. The molecule has 3 N–H and O–H groups in total. The number of hydrogen-bond acceptors (Lipinski definition) is 8. The van der Waals surface area contributed by atoms with Gasteiger partial charge in [-0.15, -0.1) is 0 Å². The van der Waals surface area contributed by atoms with E-state index < -0.39 is 28.8 Å². The lowest BCUT2D eigenvalue weighted by Crippen LogP contribution is -2.66. The number of Topliss-reactive ketones (excluding diaryl/α,β-unsaturated/α-hetero) is 1. The first-order chi connectivity index (χ1) is 28.1. The van der Waals surface area contributed by atoms with Crippen LogP contribution < -0.4 is 10.1 Å². The van der Waals surface area contributed by atoms with E-state index in [0.717, 1.165) is 74.7 Å². The first-order valence-electron chi connectivity index (χ1n) is 23.2. The largest absolute Gasteiger partial charge is 0.488 e. The molecule has 1 aliphatic heterocycles. The molecule has 0 aromatic heterocycles. The topological polar surface area (TPSA) is 131 Å². The Labute approximate surface area is 363 Å². The summed E-state index contributed by atoms with van der Waals surface area (Å²) in [5, 5.41) is 26.3. The van der Waals surface area contributed by atoms with Gasteiger partial charge < -0.3 is 29.7 Å². The zero-order valence-corrected chi connectivity index (χ0v) is 38.5. The number of aliphatic hydroxyl groups is 1. The van der Waals surface area contributed by atoms with Crippen LogP contribution in [0.3, 0.4) is 0 Å². The Balaban J connectivity index is 1.01. The number of ketones is 1. The van der Waals surface area contributed by atoms with Crippen molar-refractivity contribution in [3.05, 3.63) is 39.9 Å². The first kappa shape index (κ1) is 44.2. The molecule has 0 amide bonds. The Morgan fingerprint density at radius 2 is 1.67 bits per heavy atom. The van der Waals surface area contributed by atoms with Crippen LogP contribution in [-0.2, 0) is 30.4 Å². The molecule has 0 spiro atoms. The number of carboxylic acids is 1. The highest BCUT2D eigenvalue weighted by Gasteiger charge is 2.71. The number of carbonyl (C=O) groups excluding carboxylic acids is 2. The molecule has 0 radical (unpaired) electrons. The van der Waals surface area contributed by atoms with Gasteiger partial charge in [-0.05, 0) is 121 Å². The molecule has 1 saturated heterocycles. The number of nitrogens with one attached hydrogen (secondary N) is 1. The van der Waals surface area contributed by atoms with Crippen molar-refractivity contribution in [1.29, 1.82) is 0 Å². The molecule has 5 saturated carbocycles. The quantitative estimate of drug-likeness (QED) is 0.186. The molecule has 0 bridgehead atoms. The number of carbonyl (C=O) groups is 3. The zero-order valence-electron chi connectivity index (χ0n) is 37.8. The van der Waals surface area contributed by atoms with E-state index in [1.165, 1.54) is 5.57 Å². The van der Waals surface area contributed by atoms with E-state index in [9.17, 15) is 24.6 Å². The van der Waals surface area contributed by atoms with E-state index >= 15 is 0 Å². The average Bonchev–Trinajstić information content (AvgIpc) is 3.79. The Bertz CT molecular complexity index is 1920. The van der Waals surface area contributed by atoms with E-state index in [2.05, 4.69) is 53.8 Å². The number of allylic oxidation sites excluding steroid dienone is 1. The van der Waals surface area contributed by atoms with Gasteiger partial charge in [-0.1, -0.05) is 85.6 Å². The molecule has 8 rings (SSSR count). The molecule has 1 aromatic rings. The first-order valence-corrected chi connectivity index (χ1v) is 23.6. The number of benzene rings is 1. The van der Waals surface area contributed by atoms with Crippen molar-refractivity contribution >= 4 is 29.3 Å². The van der Waals surface area contributed by atoms with Crippen LogP contribution >= 0.6 is 11.6 Å². The number of aliphatic hydroxyl groups excluding tert-OH is 1. The summed E-state index contributed by atoms with van der Waals surface area (Å²) >= 11 is 6.39. The second-order valence-electron chi connectivity index (χ2n) is 22.6. The van der Waals surface area contributed by atoms with Crippen molar-refractivity contribution in [2.24, 2.45) is 68.0 Å². The average molecular weight is 851 g/mol. The Morgan fingerprint density at radius 1 is 0.917 bits per heavy atom. The van der Waals surface area contributed by atoms with E-state index in [0.29, 0.717) is 56.0 Å². The van der Waals surface area contributed by atoms with Crippen LogP contribution in [0.1, 0.15) is 139 Å². The fourth-order valence-electron chi connectivity index (χ4n) is 15.4. The maximum atomic E-state index is 14.2. The zero-order chi connectivity index (χ0) is 43.4. The number of aliphatic carboxylic acids is 1. The summed E-state index contributed by atoms with van der Waals surface area (Å²) in [6, 6.07) is 5.73. The van der Waals surface area contributed by atoms with Gasteiger partial charge in [0.2, 0.25) is 0 Å². The van der Waals surface area contributed by atoms with E-state index in [4.69, 9.17) is 25.8 Å². The van der Waals surface area contributed by atoms with Crippen LogP contribution in [0.2, 0.25) is 5.02 Å². The summed E-state index contributed by atoms with van der Waals surface area (Å²) < 4.78 is 18.3. The summed E-state index contributed by atoms with van der Waals surface area (Å²) in [7, 11) is 0. The molecule has 1 heterocycles. The number of ether oxygens (including phenoxy) is 3. The second-order valence-corrected chi connectivity index (χ2v) is 23.1. The van der Waals surface area contributed by atoms with Gasteiger partial charge in [0.15, 0.2) is 5.78 Å². The SMILES string of the molecule is CC(C)C1=C2[C@H]3CC[C@@H]4[C@@]5(C)CC[C@H](OC(=O)[C@H]6C[C@@H](C(=O)O)C6(C)C)C(C)(C)[C@@H]5CC[C@@]4(C)[C@]3(C)CC[C@@]2([C@@H](O)CNCc2ccc(Cl)cc2O[C@H]2CCOC2)CC1=O. The minimum atomic E-state index is -0.833. The second kappa shape index (κ2) is 15.4. The van der Waals surface area contributed by atoms with Gasteiger partial charge in [-0.2, -0.15) is 0 Å². The Morgan fingerprint density at radius 3 is 2.33 bits per heavy atom. The number of carboxylic acid groups (broad SMARTS) is 1. The smallest absolute Gasteiger partial charge is 0.309 e. The van der Waals surface area contributed by atoms with Crippen LogP contribution in [0.4, 0.5) is 0 Å². The lowest BCUT2D eigenvalue weighted by atomic mass is 9.33. The molecule has 0 unspecified atom stereocenters. The fourth-order valence-corrected chi connectivity index (χ4v) is 15.5. The lowest BCUT2D eigenvalue weighted by Gasteiger charge is -2.72. The molecule has 6 aliphatic carbocycles. The summed E-state index contributed by atoms with van der Waals surface area (Å²) in [5.74, 6) is 0.163. The van der Waals surface area contributed by atoms with Crippen LogP contribution in [0.15, 0.2) is 29.3 Å². The van der Waals surface area contributed by atoms with Gasteiger partial charge in [0, 0.05) is 47.3 Å². The lowest BCUT2D eigenvalue weighted by molar-refractivity contribution is -0.238. The molecule has 6 fully saturated rings. The standard InChI is InChI=1S/C50H72ClNO8/c1-28(2)41-35(53)24-50(39(54)26-52-25-29-10-11-30(51)22-36(29)59-31-16-21-58-27-31)20-19-48(8)32(42(41)50)12-13-38-47(7)17-15-40(46(5,6)37(47)14-18-49(38,48)9)60-44(57)34-23-33(43(55)56)45(34,3)4/h10-11,22,28,31-34,37-40,52,54H,12-21,23-27H2,1-9H3,(H,55,56)/t31-,32+,33-,34+,37-,38+,39-,40-,47-,48+,49+,50-/m0/s1. The maximum Gasteiger partial charge on any atom is 0.309 e. The van der Waals surface area contributed by atoms with E-state index in [-0.39, 0.29) is 63.4 Å². The molecule has 60 heavy (non-hydrogen) atoms. The van der Waals surface area contributed by atoms with Crippen molar-refractivity contribution in [2.75, 3.05) is 19.8 Å². The highest BCUT2D eigenvalue weighted by atomic mass is 35.5. The van der Waals surface area contributed by atoms with E-state index in [1.54, 1.807) is 0 Å². The molecule has 12 atom stereocenters. The van der Waals surface area contributed by atoms with Gasteiger partial charge >= 0.3 is 11.9 Å². The predicted molar refractivity (Wildman–Crippen MR) is 231 cm³/mol. The fraction of sp³-hybridized carbons (Fsp3) is 0.780. The number of fused-ring (bicyclic) bond motifs is 7. The van der Waals surface area contributed by atoms with E-state index in [1.807, 2.05) is 32.0 Å². The molecular formula is C50H72ClNO8. The van der Waals surface area contributed by atoms with Crippen molar-refractivity contribution < 1.29 is 38.8 Å². The molecule has 1 aromatic carbocycles. The number of halogens is 1. The van der Waals surface area contributed by atoms with Crippen LogP contribution in [0.5, 0.6) is 5.75 Å². The summed E-state index contributed by atoms with van der Waals surface area (Å²) in [4.78, 5) is 39.7. The highest BCUT2D eigenvalue weighted by Crippen LogP contribution is 2.77. The molecule has 332 valence electrons. The van der Waals surface area contributed by atoms with Gasteiger partial charge in [0.1, 0.15) is 18.0 Å². The third-order valence-electron chi connectivity index (χ3n) is 19.0. The maximum absolute atomic E-state index is 14.2. The summed E-state index contributed by atoms with van der Waals surface area (Å²) in [6.45, 7) is 22.5. The monoisotopic (exact) mass is 849 g/mol. The number of hydrogen-bond donors (Lipinski definition) is 3. The predicted octanol–water partition coefficient (Wildman–Crippen LogP) is 9.60. The molecule has 9 nitrogen and oxygen atoms in total. The normalized spacial score (nSPS) is 40.8.